The number of hydrogen-bond acceptors (Lipinski definition) is 4. The molecule has 0 fully saturated rings. The summed E-state index contributed by atoms with van der Waals surface area (Å²) in [5, 5.41) is 4.74. The Labute approximate surface area is 114 Å². The van der Waals surface area contributed by atoms with Gasteiger partial charge in [-0.15, -0.1) is 11.3 Å². The van der Waals surface area contributed by atoms with Crippen molar-refractivity contribution >= 4 is 17.2 Å². The van der Waals surface area contributed by atoms with Crippen LogP contribution in [0.3, 0.4) is 0 Å². The molecular formula is C13H15N3O2S. The number of amides is 1. The van der Waals surface area contributed by atoms with Gasteiger partial charge in [0.2, 0.25) is 5.91 Å². The fourth-order valence-electron chi connectivity index (χ4n) is 1.63. The van der Waals surface area contributed by atoms with Crippen LogP contribution >= 0.6 is 11.3 Å². The molecule has 0 spiro atoms. The molecule has 0 aliphatic heterocycles. The van der Waals surface area contributed by atoms with E-state index in [1.807, 2.05) is 17.5 Å². The molecule has 0 unspecified atom stereocenters. The summed E-state index contributed by atoms with van der Waals surface area (Å²) in [7, 11) is 0. The number of aromatic nitrogens is 2. The van der Waals surface area contributed by atoms with Gasteiger partial charge in [-0.05, 0) is 18.4 Å². The van der Waals surface area contributed by atoms with Gasteiger partial charge in [-0.25, -0.2) is 4.98 Å². The molecule has 0 atom stereocenters. The van der Waals surface area contributed by atoms with Crippen LogP contribution in [0.5, 0.6) is 0 Å². The van der Waals surface area contributed by atoms with Crippen molar-refractivity contribution in [3.8, 4) is 0 Å². The third-order valence-corrected chi connectivity index (χ3v) is 3.48. The maximum absolute atomic E-state index is 11.6. The molecule has 1 N–H and O–H groups in total. The fourth-order valence-corrected chi connectivity index (χ4v) is 2.34. The second-order valence-corrected chi connectivity index (χ2v) is 5.20. The SMILES string of the molecule is Cc1cc(=O)n(CCNC(=O)Cc2cccs2)cn1. The van der Waals surface area contributed by atoms with Gasteiger partial charge in [-0.2, -0.15) is 0 Å². The highest BCUT2D eigenvalue weighted by atomic mass is 32.1. The molecule has 1 amide bonds. The standard InChI is InChI=1S/C13H15N3O2S/c1-10-7-13(18)16(9-15-10)5-4-14-12(17)8-11-3-2-6-19-11/h2-3,6-7,9H,4-5,8H2,1H3,(H,14,17). The maximum Gasteiger partial charge on any atom is 0.253 e. The van der Waals surface area contributed by atoms with Crippen molar-refractivity contribution in [2.24, 2.45) is 0 Å². The van der Waals surface area contributed by atoms with Gasteiger partial charge in [-0.1, -0.05) is 6.07 Å². The average molecular weight is 277 g/mol. The van der Waals surface area contributed by atoms with Gasteiger partial charge in [0.05, 0.1) is 12.7 Å². The number of carbonyl (C=O) groups is 1. The number of nitrogens with one attached hydrogen (secondary N) is 1. The van der Waals surface area contributed by atoms with Gasteiger partial charge in [-0.3, -0.25) is 14.2 Å². The smallest absolute Gasteiger partial charge is 0.253 e. The van der Waals surface area contributed by atoms with Crippen LogP contribution in [-0.4, -0.2) is 22.0 Å². The van der Waals surface area contributed by atoms with E-state index in [1.54, 1.807) is 18.3 Å². The largest absolute Gasteiger partial charge is 0.354 e. The molecule has 100 valence electrons. The molecule has 0 aromatic carbocycles. The highest BCUT2D eigenvalue weighted by Gasteiger charge is 2.04. The zero-order chi connectivity index (χ0) is 13.7. The first-order valence-corrected chi connectivity index (χ1v) is 6.85. The van der Waals surface area contributed by atoms with Crippen molar-refractivity contribution in [3.05, 3.63) is 50.8 Å². The van der Waals surface area contributed by atoms with Crippen molar-refractivity contribution in [1.82, 2.24) is 14.9 Å². The number of thiophene rings is 1. The minimum absolute atomic E-state index is 0.0319. The van der Waals surface area contributed by atoms with Crippen LogP contribution in [0.1, 0.15) is 10.6 Å². The third kappa shape index (κ3) is 4.03. The van der Waals surface area contributed by atoms with E-state index < -0.39 is 0 Å². The lowest BCUT2D eigenvalue weighted by molar-refractivity contribution is -0.120. The predicted octanol–water partition coefficient (Wildman–Crippen LogP) is 0.972. The molecule has 6 heteroatoms. The van der Waals surface area contributed by atoms with Crippen molar-refractivity contribution in [2.75, 3.05) is 6.54 Å². The lowest BCUT2D eigenvalue weighted by atomic mass is 10.3. The molecule has 2 aromatic rings. The van der Waals surface area contributed by atoms with Gasteiger partial charge in [0.25, 0.3) is 5.56 Å². The molecule has 0 saturated carbocycles. The summed E-state index contributed by atoms with van der Waals surface area (Å²) in [5.41, 5.74) is 0.600. The zero-order valence-electron chi connectivity index (χ0n) is 10.6. The van der Waals surface area contributed by atoms with E-state index in [0.29, 0.717) is 25.2 Å². The molecule has 0 bridgehead atoms. The molecule has 2 aromatic heterocycles. The van der Waals surface area contributed by atoms with Gasteiger partial charge >= 0.3 is 0 Å². The maximum atomic E-state index is 11.6. The highest BCUT2D eigenvalue weighted by molar-refractivity contribution is 7.10. The second kappa shape index (κ2) is 6.29. The van der Waals surface area contributed by atoms with Crippen LogP contribution < -0.4 is 10.9 Å². The van der Waals surface area contributed by atoms with E-state index in [0.717, 1.165) is 4.88 Å². The van der Waals surface area contributed by atoms with Crippen molar-refractivity contribution < 1.29 is 4.79 Å². The highest BCUT2D eigenvalue weighted by Crippen LogP contribution is 2.08. The average Bonchev–Trinajstić information content (AvgIpc) is 2.84. The minimum Gasteiger partial charge on any atom is -0.354 e. The first-order chi connectivity index (χ1) is 9.15. The van der Waals surface area contributed by atoms with Crippen molar-refractivity contribution in [2.45, 2.75) is 19.9 Å². The lowest BCUT2D eigenvalue weighted by Gasteiger charge is -2.06. The molecule has 0 aliphatic carbocycles. The summed E-state index contributed by atoms with van der Waals surface area (Å²) in [6.45, 7) is 2.63. The van der Waals surface area contributed by atoms with E-state index >= 15 is 0 Å². The van der Waals surface area contributed by atoms with Crippen LogP contribution in [0, 0.1) is 6.92 Å². The molecule has 2 heterocycles. The number of rotatable bonds is 5. The van der Waals surface area contributed by atoms with Gasteiger partial charge in [0.1, 0.15) is 0 Å². The van der Waals surface area contributed by atoms with E-state index in [2.05, 4.69) is 10.3 Å². The Bertz CT molecular complexity index is 605. The summed E-state index contributed by atoms with van der Waals surface area (Å²) in [4.78, 5) is 28.3. The predicted molar refractivity (Wildman–Crippen MR) is 74.3 cm³/mol. The van der Waals surface area contributed by atoms with E-state index in [1.165, 1.54) is 17.0 Å². The summed E-state index contributed by atoms with van der Waals surface area (Å²) in [6, 6.07) is 5.33. The summed E-state index contributed by atoms with van der Waals surface area (Å²) >= 11 is 1.56. The second-order valence-electron chi connectivity index (χ2n) is 4.17. The lowest BCUT2D eigenvalue weighted by Crippen LogP contribution is -2.31. The Morgan fingerprint density at radius 1 is 1.53 bits per heavy atom. The number of hydrogen-bond donors (Lipinski definition) is 1. The quantitative estimate of drug-likeness (QED) is 0.886. The van der Waals surface area contributed by atoms with Crippen LogP contribution in [0.25, 0.3) is 0 Å². The third-order valence-electron chi connectivity index (χ3n) is 2.61. The van der Waals surface area contributed by atoms with E-state index in [-0.39, 0.29) is 11.5 Å². The minimum atomic E-state index is -0.0972. The first kappa shape index (κ1) is 13.5. The van der Waals surface area contributed by atoms with Crippen LogP contribution in [0.15, 0.2) is 34.7 Å². The molecule has 5 nitrogen and oxygen atoms in total. The Morgan fingerprint density at radius 3 is 3.05 bits per heavy atom. The molecule has 0 saturated heterocycles. The van der Waals surface area contributed by atoms with E-state index in [4.69, 9.17) is 0 Å². The summed E-state index contributed by atoms with van der Waals surface area (Å²) < 4.78 is 1.48. The number of aryl methyl sites for hydroxylation is 1. The van der Waals surface area contributed by atoms with E-state index in [9.17, 15) is 9.59 Å². The van der Waals surface area contributed by atoms with Gasteiger partial charge in [0.15, 0.2) is 0 Å². The molecule has 2 rings (SSSR count). The van der Waals surface area contributed by atoms with Crippen LogP contribution in [0.4, 0.5) is 0 Å². The molecular weight excluding hydrogens is 262 g/mol. The zero-order valence-corrected chi connectivity index (χ0v) is 11.4. The first-order valence-electron chi connectivity index (χ1n) is 5.97. The number of nitrogens with zero attached hydrogens (tertiary/aromatic N) is 2. The van der Waals surface area contributed by atoms with Crippen LogP contribution in [0.2, 0.25) is 0 Å². The van der Waals surface area contributed by atoms with Crippen molar-refractivity contribution in [3.63, 3.8) is 0 Å². The molecule has 19 heavy (non-hydrogen) atoms. The normalized spacial score (nSPS) is 10.4. The Morgan fingerprint density at radius 2 is 2.37 bits per heavy atom. The summed E-state index contributed by atoms with van der Waals surface area (Å²) in [6.07, 6.45) is 1.89. The Kier molecular flexibility index (Phi) is 4.46. The topological polar surface area (TPSA) is 64.0 Å². The molecule has 0 aliphatic rings. The van der Waals surface area contributed by atoms with Gasteiger partial charge in [0, 0.05) is 29.7 Å². The Balaban J connectivity index is 1.80. The summed E-state index contributed by atoms with van der Waals surface area (Å²) in [5.74, 6) is -0.0319. The molecule has 0 radical (unpaired) electrons. The van der Waals surface area contributed by atoms with Crippen molar-refractivity contribution in [1.29, 1.82) is 0 Å². The Hall–Kier alpha value is -1.95. The fraction of sp³-hybridized carbons (Fsp3) is 0.308. The van der Waals surface area contributed by atoms with Gasteiger partial charge < -0.3 is 5.32 Å². The number of carbonyl (C=O) groups excluding carboxylic acids is 1. The monoisotopic (exact) mass is 277 g/mol. The van der Waals surface area contributed by atoms with Crippen LogP contribution in [-0.2, 0) is 17.8 Å².